The number of rotatable bonds is 3. The second-order valence-corrected chi connectivity index (χ2v) is 4.13. The SMILES string of the molecule is c1ccc(CON=C2CCn3cccc32)cc1. The molecule has 1 aliphatic rings. The minimum atomic E-state index is 0.533. The summed E-state index contributed by atoms with van der Waals surface area (Å²) in [5.41, 5.74) is 3.37. The van der Waals surface area contributed by atoms with Gasteiger partial charge in [-0.1, -0.05) is 35.5 Å². The minimum Gasteiger partial charge on any atom is -0.391 e. The molecule has 0 atom stereocenters. The van der Waals surface area contributed by atoms with Crippen LogP contribution in [0.5, 0.6) is 0 Å². The number of oxime groups is 1. The Morgan fingerprint density at radius 1 is 1.12 bits per heavy atom. The van der Waals surface area contributed by atoms with Crippen LogP contribution < -0.4 is 0 Å². The van der Waals surface area contributed by atoms with Crippen molar-refractivity contribution in [3.05, 3.63) is 59.9 Å². The van der Waals surface area contributed by atoms with Crippen molar-refractivity contribution in [1.82, 2.24) is 4.57 Å². The van der Waals surface area contributed by atoms with Crippen LogP contribution in [-0.4, -0.2) is 10.3 Å². The highest BCUT2D eigenvalue weighted by molar-refractivity contribution is 6.00. The number of aryl methyl sites for hydroxylation is 1. The van der Waals surface area contributed by atoms with E-state index in [4.69, 9.17) is 4.84 Å². The second kappa shape index (κ2) is 4.45. The lowest BCUT2D eigenvalue weighted by atomic mass is 10.2. The Bertz CT molecular complexity index is 528. The summed E-state index contributed by atoms with van der Waals surface area (Å²) >= 11 is 0. The molecular formula is C14H14N2O. The summed E-state index contributed by atoms with van der Waals surface area (Å²) in [4.78, 5) is 5.40. The molecule has 3 heteroatoms. The lowest BCUT2D eigenvalue weighted by molar-refractivity contribution is 0.130. The molecule has 3 rings (SSSR count). The van der Waals surface area contributed by atoms with Gasteiger partial charge in [0.1, 0.15) is 12.3 Å². The molecule has 0 spiro atoms. The molecule has 1 aromatic carbocycles. The molecule has 86 valence electrons. The summed E-state index contributed by atoms with van der Waals surface area (Å²) in [6, 6.07) is 14.2. The Morgan fingerprint density at radius 2 is 2.00 bits per heavy atom. The molecule has 0 unspecified atom stereocenters. The first kappa shape index (κ1) is 10.1. The van der Waals surface area contributed by atoms with Gasteiger partial charge in [0.05, 0.1) is 5.69 Å². The van der Waals surface area contributed by atoms with Crippen molar-refractivity contribution >= 4 is 5.71 Å². The third-order valence-electron chi connectivity index (χ3n) is 2.96. The Kier molecular flexibility index (Phi) is 2.66. The zero-order valence-corrected chi connectivity index (χ0v) is 9.54. The third kappa shape index (κ3) is 2.09. The van der Waals surface area contributed by atoms with E-state index in [2.05, 4.69) is 22.0 Å². The number of aromatic nitrogens is 1. The van der Waals surface area contributed by atoms with Gasteiger partial charge >= 0.3 is 0 Å². The van der Waals surface area contributed by atoms with E-state index in [9.17, 15) is 0 Å². The molecule has 2 heterocycles. The van der Waals surface area contributed by atoms with Crippen LogP contribution in [0.1, 0.15) is 17.7 Å². The molecule has 1 aliphatic heterocycles. The fraction of sp³-hybridized carbons (Fsp3) is 0.214. The van der Waals surface area contributed by atoms with E-state index in [1.54, 1.807) is 0 Å². The largest absolute Gasteiger partial charge is 0.391 e. The number of nitrogens with zero attached hydrogens (tertiary/aromatic N) is 2. The number of benzene rings is 1. The van der Waals surface area contributed by atoms with Gasteiger partial charge in [0.15, 0.2) is 0 Å². The zero-order chi connectivity index (χ0) is 11.5. The van der Waals surface area contributed by atoms with Crippen LogP contribution in [0.3, 0.4) is 0 Å². The van der Waals surface area contributed by atoms with Gasteiger partial charge < -0.3 is 9.40 Å². The van der Waals surface area contributed by atoms with Crippen LogP contribution in [0, 0.1) is 0 Å². The zero-order valence-electron chi connectivity index (χ0n) is 9.54. The fourth-order valence-corrected chi connectivity index (χ4v) is 2.08. The monoisotopic (exact) mass is 226 g/mol. The van der Waals surface area contributed by atoms with Crippen molar-refractivity contribution in [2.45, 2.75) is 19.6 Å². The van der Waals surface area contributed by atoms with Crippen molar-refractivity contribution < 1.29 is 4.84 Å². The van der Waals surface area contributed by atoms with E-state index in [1.807, 2.05) is 36.4 Å². The van der Waals surface area contributed by atoms with E-state index in [1.165, 1.54) is 5.69 Å². The lowest BCUT2D eigenvalue weighted by Crippen LogP contribution is -1.96. The standard InChI is InChI=1S/C14H14N2O/c1-2-5-12(6-3-1)11-17-15-13-8-10-16-9-4-7-14(13)16/h1-7,9H,8,10-11H2. The maximum atomic E-state index is 5.40. The maximum absolute atomic E-state index is 5.40. The Labute approximate surface area is 100 Å². The predicted molar refractivity (Wildman–Crippen MR) is 66.8 cm³/mol. The summed E-state index contributed by atoms with van der Waals surface area (Å²) in [6.45, 7) is 1.54. The van der Waals surface area contributed by atoms with Gasteiger partial charge in [0.25, 0.3) is 0 Å². The van der Waals surface area contributed by atoms with Crippen molar-refractivity contribution in [2.75, 3.05) is 0 Å². The van der Waals surface area contributed by atoms with Crippen molar-refractivity contribution in [3.8, 4) is 0 Å². The predicted octanol–water partition coefficient (Wildman–Crippen LogP) is 2.81. The molecule has 0 amide bonds. The summed E-state index contributed by atoms with van der Waals surface area (Å²) in [5, 5.41) is 4.23. The molecular weight excluding hydrogens is 212 g/mol. The molecule has 2 aromatic rings. The molecule has 17 heavy (non-hydrogen) atoms. The van der Waals surface area contributed by atoms with Crippen molar-refractivity contribution in [3.63, 3.8) is 0 Å². The first-order chi connectivity index (χ1) is 8.43. The molecule has 0 fully saturated rings. The fourth-order valence-electron chi connectivity index (χ4n) is 2.08. The minimum absolute atomic E-state index is 0.533. The first-order valence-corrected chi connectivity index (χ1v) is 5.82. The highest BCUT2D eigenvalue weighted by Crippen LogP contribution is 2.16. The Hall–Kier alpha value is -2.03. The van der Waals surface area contributed by atoms with E-state index in [0.29, 0.717) is 6.61 Å². The Morgan fingerprint density at radius 3 is 2.88 bits per heavy atom. The second-order valence-electron chi connectivity index (χ2n) is 4.13. The smallest absolute Gasteiger partial charge is 0.142 e. The highest BCUT2D eigenvalue weighted by Gasteiger charge is 2.16. The van der Waals surface area contributed by atoms with Crippen LogP contribution in [-0.2, 0) is 18.0 Å². The van der Waals surface area contributed by atoms with Crippen LogP contribution in [0.2, 0.25) is 0 Å². The van der Waals surface area contributed by atoms with Gasteiger partial charge in [-0.3, -0.25) is 0 Å². The molecule has 0 bridgehead atoms. The van der Waals surface area contributed by atoms with Crippen LogP contribution in [0.15, 0.2) is 53.8 Å². The Balaban J connectivity index is 1.65. The van der Waals surface area contributed by atoms with Crippen molar-refractivity contribution in [1.29, 1.82) is 0 Å². The molecule has 3 nitrogen and oxygen atoms in total. The quantitative estimate of drug-likeness (QED) is 0.739. The van der Waals surface area contributed by atoms with Gasteiger partial charge in [-0.15, -0.1) is 0 Å². The van der Waals surface area contributed by atoms with Crippen molar-refractivity contribution in [2.24, 2.45) is 5.16 Å². The van der Waals surface area contributed by atoms with E-state index in [-0.39, 0.29) is 0 Å². The average Bonchev–Trinajstić information content (AvgIpc) is 2.95. The van der Waals surface area contributed by atoms with E-state index in [0.717, 1.165) is 24.2 Å². The topological polar surface area (TPSA) is 26.5 Å². The number of fused-ring (bicyclic) bond motifs is 1. The molecule has 1 aromatic heterocycles. The van der Waals surface area contributed by atoms with E-state index >= 15 is 0 Å². The third-order valence-corrected chi connectivity index (χ3v) is 2.96. The van der Waals surface area contributed by atoms with Gasteiger partial charge in [-0.25, -0.2) is 0 Å². The normalized spacial score (nSPS) is 16.1. The molecule has 0 radical (unpaired) electrons. The highest BCUT2D eigenvalue weighted by atomic mass is 16.6. The maximum Gasteiger partial charge on any atom is 0.142 e. The molecule has 0 saturated carbocycles. The molecule has 0 N–H and O–H groups in total. The van der Waals surface area contributed by atoms with Crippen LogP contribution in [0.25, 0.3) is 0 Å². The van der Waals surface area contributed by atoms with Gasteiger partial charge in [0, 0.05) is 19.2 Å². The average molecular weight is 226 g/mol. The summed E-state index contributed by atoms with van der Waals surface area (Å²) < 4.78 is 2.20. The first-order valence-electron chi connectivity index (χ1n) is 5.82. The lowest BCUT2D eigenvalue weighted by Gasteiger charge is -2.00. The summed E-state index contributed by atoms with van der Waals surface area (Å²) in [5.74, 6) is 0. The van der Waals surface area contributed by atoms with Crippen LogP contribution >= 0.6 is 0 Å². The van der Waals surface area contributed by atoms with Crippen LogP contribution in [0.4, 0.5) is 0 Å². The summed E-state index contributed by atoms with van der Waals surface area (Å²) in [6.07, 6.45) is 3.04. The van der Waals surface area contributed by atoms with Gasteiger partial charge in [0.2, 0.25) is 0 Å². The number of hydrogen-bond donors (Lipinski definition) is 0. The summed E-state index contributed by atoms with van der Waals surface area (Å²) in [7, 11) is 0. The van der Waals surface area contributed by atoms with E-state index < -0.39 is 0 Å². The molecule has 0 aliphatic carbocycles. The van der Waals surface area contributed by atoms with Gasteiger partial charge in [-0.05, 0) is 17.7 Å². The molecule has 0 saturated heterocycles. The van der Waals surface area contributed by atoms with Gasteiger partial charge in [-0.2, -0.15) is 0 Å². The number of hydrogen-bond acceptors (Lipinski definition) is 2.